The summed E-state index contributed by atoms with van der Waals surface area (Å²) in [7, 11) is 1.62. The zero-order valence-corrected chi connectivity index (χ0v) is 15.0. The van der Waals surface area contributed by atoms with Gasteiger partial charge in [-0.05, 0) is 42.3 Å². The summed E-state index contributed by atoms with van der Waals surface area (Å²) in [5.74, 6) is 1.30. The Bertz CT molecular complexity index is 819. The molecule has 1 aliphatic heterocycles. The van der Waals surface area contributed by atoms with Crippen molar-refractivity contribution in [3.8, 4) is 11.5 Å². The van der Waals surface area contributed by atoms with Gasteiger partial charge in [-0.2, -0.15) is 0 Å². The van der Waals surface area contributed by atoms with Gasteiger partial charge in [-0.25, -0.2) is 0 Å². The molecule has 2 amide bonds. The van der Waals surface area contributed by atoms with E-state index < -0.39 is 0 Å². The van der Waals surface area contributed by atoms with Crippen LogP contribution in [0.1, 0.15) is 18.9 Å². The van der Waals surface area contributed by atoms with Crippen molar-refractivity contribution in [3.05, 3.63) is 48.0 Å². The van der Waals surface area contributed by atoms with Gasteiger partial charge in [0.1, 0.15) is 18.1 Å². The molecular formula is C20H22N2O4. The Balaban J connectivity index is 1.64. The molecule has 0 saturated heterocycles. The number of nitrogens with one attached hydrogen (secondary N) is 1. The Kier molecular flexibility index (Phi) is 5.41. The zero-order valence-electron chi connectivity index (χ0n) is 15.0. The molecule has 6 nitrogen and oxygen atoms in total. The van der Waals surface area contributed by atoms with Crippen molar-refractivity contribution in [2.45, 2.75) is 19.8 Å². The predicted octanol–water partition coefficient (Wildman–Crippen LogP) is 3.01. The third kappa shape index (κ3) is 4.14. The van der Waals surface area contributed by atoms with Gasteiger partial charge in [-0.1, -0.05) is 12.1 Å². The molecule has 1 N–H and O–H groups in total. The molecule has 0 spiro atoms. The fourth-order valence-corrected chi connectivity index (χ4v) is 2.93. The van der Waals surface area contributed by atoms with E-state index in [0.29, 0.717) is 43.1 Å². The first-order valence-corrected chi connectivity index (χ1v) is 8.54. The minimum absolute atomic E-state index is 0.0453. The summed E-state index contributed by atoms with van der Waals surface area (Å²) in [5.41, 5.74) is 2.38. The van der Waals surface area contributed by atoms with Gasteiger partial charge in [-0.3, -0.25) is 9.59 Å². The van der Waals surface area contributed by atoms with Gasteiger partial charge in [0, 0.05) is 19.0 Å². The van der Waals surface area contributed by atoms with E-state index in [9.17, 15) is 9.59 Å². The lowest BCUT2D eigenvalue weighted by atomic mass is 10.1. The number of aryl methyl sites for hydroxylation is 1. The Hall–Kier alpha value is -3.02. The van der Waals surface area contributed by atoms with Crippen LogP contribution < -0.4 is 19.7 Å². The SMILES string of the molecule is COc1cccc(CCC(=O)Nc2ccc3c(c2)N(C(C)=O)CCO3)c1. The zero-order chi connectivity index (χ0) is 18.5. The number of carbonyl (C=O) groups excluding carboxylic acids is 2. The summed E-state index contributed by atoms with van der Waals surface area (Å²) in [6.07, 6.45) is 0.980. The van der Waals surface area contributed by atoms with Crippen LogP contribution in [0.4, 0.5) is 11.4 Å². The molecule has 0 aliphatic carbocycles. The summed E-state index contributed by atoms with van der Waals surface area (Å²) in [4.78, 5) is 25.7. The van der Waals surface area contributed by atoms with E-state index in [1.165, 1.54) is 6.92 Å². The van der Waals surface area contributed by atoms with Crippen LogP contribution in [-0.4, -0.2) is 32.1 Å². The van der Waals surface area contributed by atoms with Crippen LogP contribution in [0.3, 0.4) is 0 Å². The maximum Gasteiger partial charge on any atom is 0.224 e. The average Bonchev–Trinajstić information content (AvgIpc) is 2.66. The van der Waals surface area contributed by atoms with E-state index in [0.717, 1.165) is 11.3 Å². The van der Waals surface area contributed by atoms with Crippen LogP contribution in [0.2, 0.25) is 0 Å². The fraction of sp³-hybridized carbons (Fsp3) is 0.300. The van der Waals surface area contributed by atoms with Crippen molar-refractivity contribution in [1.82, 2.24) is 0 Å². The molecule has 6 heteroatoms. The third-order valence-corrected chi connectivity index (χ3v) is 4.26. The molecule has 0 radical (unpaired) electrons. The number of rotatable bonds is 5. The van der Waals surface area contributed by atoms with Crippen molar-refractivity contribution in [3.63, 3.8) is 0 Å². The maximum atomic E-state index is 12.3. The van der Waals surface area contributed by atoms with Crippen LogP contribution in [-0.2, 0) is 16.0 Å². The second-order valence-corrected chi connectivity index (χ2v) is 6.10. The molecule has 2 aromatic rings. The van der Waals surface area contributed by atoms with Crippen molar-refractivity contribution in [1.29, 1.82) is 0 Å². The predicted molar refractivity (Wildman–Crippen MR) is 99.9 cm³/mol. The van der Waals surface area contributed by atoms with Gasteiger partial charge in [0.15, 0.2) is 0 Å². The van der Waals surface area contributed by atoms with Gasteiger partial charge in [-0.15, -0.1) is 0 Å². The number of hydrogen-bond acceptors (Lipinski definition) is 4. The molecule has 1 aliphatic rings. The average molecular weight is 354 g/mol. The normalized spacial score (nSPS) is 12.8. The quantitative estimate of drug-likeness (QED) is 0.896. The minimum Gasteiger partial charge on any atom is -0.497 e. The van der Waals surface area contributed by atoms with E-state index in [2.05, 4.69) is 5.32 Å². The first kappa shape index (κ1) is 17.8. The van der Waals surface area contributed by atoms with Crippen molar-refractivity contribution >= 4 is 23.2 Å². The Labute approximate surface area is 152 Å². The van der Waals surface area contributed by atoms with Crippen molar-refractivity contribution in [2.24, 2.45) is 0 Å². The van der Waals surface area contributed by atoms with Crippen LogP contribution in [0.25, 0.3) is 0 Å². The highest BCUT2D eigenvalue weighted by Crippen LogP contribution is 2.34. The molecule has 0 atom stereocenters. The molecule has 26 heavy (non-hydrogen) atoms. The van der Waals surface area contributed by atoms with E-state index in [-0.39, 0.29) is 11.8 Å². The van der Waals surface area contributed by atoms with Crippen LogP contribution in [0.15, 0.2) is 42.5 Å². The number of amides is 2. The topological polar surface area (TPSA) is 67.9 Å². The van der Waals surface area contributed by atoms with Crippen molar-refractivity contribution < 1.29 is 19.1 Å². The highest BCUT2D eigenvalue weighted by Gasteiger charge is 2.21. The molecule has 136 valence electrons. The molecule has 0 bridgehead atoms. The lowest BCUT2D eigenvalue weighted by Crippen LogP contribution is -2.36. The summed E-state index contributed by atoms with van der Waals surface area (Å²) in [6.45, 7) is 2.50. The second-order valence-electron chi connectivity index (χ2n) is 6.10. The smallest absolute Gasteiger partial charge is 0.224 e. The number of nitrogens with zero attached hydrogens (tertiary/aromatic N) is 1. The first-order valence-electron chi connectivity index (χ1n) is 8.54. The molecule has 3 rings (SSSR count). The monoisotopic (exact) mass is 354 g/mol. The van der Waals surface area contributed by atoms with E-state index in [4.69, 9.17) is 9.47 Å². The Morgan fingerprint density at radius 1 is 1.23 bits per heavy atom. The minimum atomic E-state index is -0.0844. The number of fused-ring (bicyclic) bond motifs is 1. The van der Waals surface area contributed by atoms with Gasteiger partial charge in [0.05, 0.1) is 19.3 Å². The fourth-order valence-electron chi connectivity index (χ4n) is 2.93. The number of benzene rings is 2. The number of methoxy groups -OCH3 is 1. The summed E-state index contributed by atoms with van der Waals surface area (Å²) >= 11 is 0. The number of ether oxygens (including phenoxy) is 2. The number of hydrogen-bond donors (Lipinski definition) is 1. The Morgan fingerprint density at radius 2 is 2.08 bits per heavy atom. The van der Waals surface area contributed by atoms with Crippen LogP contribution in [0.5, 0.6) is 11.5 Å². The third-order valence-electron chi connectivity index (χ3n) is 4.26. The van der Waals surface area contributed by atoms with Gasteiger partial charge < -0.3 is 19.7 Å². The number of carbonyl (C=O) groups is 2. The van der Waals surface area contributed by atoms with Crippen LogP contribution in [0, 0.1) is 0 Å². The lowest BCUT2D eigenvalue weighted by molar-refractivity contribution is -0.117. The second kappa shape index (κ2) is 7.91. The summed E-state index contributed by atoms with van der Waals surface area (Å²) in [5, 5.41) is 2.89. The van der Waals surface area contributed by atoms with Gasteiger partial charge in [0.25, 0.3) is 0 Å². The number of anilines is 2. The molecule has 0 saturated carbocycles. The lowest BCUT2D eigenvalue weighted by Gasteiger charge is -2.29. The molecule has 1 heterocycles. The summed E-state index contributed by atoms with van der Waals surface area (Å²) < 4.78 is 10.8. The molecular weight excluding hydrogens is 332 g/mol. The highest BCUT2D eigenvalue weighted by molar-refractivity contribution is 5.96. The Morgan fingerprint density at radius 3 is 2.85 bits per heavy atom. The first-order chi connectivity index (χ1) is 12.6. The van der Waals surface area contributed by atoms with Crippen molar-refractivity contribution in [2.75, 3.05) is 30.5 Å². The molecule has 0 unspecified atom stereocenters. The van der Waals surface area contributed by atoms with E-state index in [1.807, 2.05) is 24.3 Å². The largest absolute Gasteiger partial charge is 0.497 e. The standard InChI is InChI=1S/C20H22N2O4/c1-14(23)22-10-11-26-19-8-7-16(13-18(19)22)21-20(24)9-6-15-4-3-5-17(12-15)25-2/h3-5,7-8,12-13H,6,9-11H2,1-2H3,(H,21,24). The molecule has 0 fully saturated rings. The molecule has 2 aromatic carbocycles. The van der Waals surface area contributed by atoms with Crippen LogP contribution >= 0.6 is 0 Å². The van der Waals surface area contributed by atoms with Gasteiger partial charge in [0.2, 0.25) is 11.8 Å². The maximum absolute atomic E-state index is 12.3. The summed E-state index contributed by atoms with van der Waals surface area (Å²) in [6, 6.07) is 13.0. The highest BCUT2D eigenvalue weighted by atomic mass is 16.5. The molecule has 0 aromatic heterocycles. The van der Waals surface area contributed by atoms with E-state index in [1.54, 1.807) is 30.2 Å². The van der Waals surface area contributed by atoms with Gasteiger partial charge >= 0.3 is 0 Å². The van der Waals surface area contributed by atoms with E-state index >= 15 is 0 Å².